The zero-order valence-electron chi connectivity index (χ0n) is 10.2. The molecule has 0 aliphatic carbocycles. The summed E-state index contributed by atoms with van der Waals surface area (Å²) in [7, 11) is 0. The number of nitrogens with zero attached hydrogens (tertiary/aromatic N) is 2. The molecule has 0 radical (unpaired) electrons. The van der Waals surface area contributed by atoms with Gasteiger partial charge in [-0.1, -0.05) is 13.8 Å². The molecule has 2 rings (SSSR count). The summed E-state index contributed by atoms with van der Waals surface area (Å²) in [6.07, 6.45) is 3.80. The fourth-order valence-corrected chi connectivity index (χ4v) is 2.32. The average molecular weight is 238 g/mol. The molecule has 2 atom stereocenters. The van der Waals surface area contributed by atoms with Gasteiger partial charge in [0, 0.05) is 37.4 Å². The van der Waals surface area contributed by atoms with E-state index in [1.165, 1.54) is 0 Å². The van der Waals surface area contributed by atoms with Crippen molar-refractivity contribution in [3.05, 3.63) is 18.2 Å². The first-order valence-electron chi connectivity index (χ1n) is 5.95. The maximum absolute atomic E-state index is 11.0. The van der Waals surface area contributed by atoms with Crippen molar-refractivity contribution in [2.24, 2.45) is 5.92 Å². The highest BCUT2D eigenvalue weighted by molar-refractivity contribution is 5.73. The lowest BCUT2D eigenvalue weighted by atomic mass is 10.0. The molecule has 1 N–H and O–H groups in total. The number of imidazole rings is 1. The van der Waals surface area contributed by atoms with Crippen molar-refractivity contribution in [1.82, 2.24) is 9.55 Å². The molecule has 0 saturated carbocycles. The van der Waals surface area contributed by atoms with E-state index >= 15 is 0 Å². The molecule has 5 heteroatoms. The van der Waals surface area contributed by atoms with Crippen LogP contribution in [0.1, 0.15) is 32.0 Å². The van der Waals surface area contributed by atoms with Crippen molar-refractivity contribution in [2.75, 3.05) is 6.61 Å². The fourth-order valence-electron chi connectivity index (χ4n) is 2.32. The van der Waals surface area contributed by atoms with E-state index in [1.807, 2.05) is 10.8 Å². The van der Waals surface area contributed by atoms with Gasteiger partial charge < -0.3 is 14.4 Å². The van der Waals surface area contributed by atoms with E-state index in [0.717, 1.165) is 12.2 Å². The van der Waals surface area contributed by atoms with Crippen molar-refractivity contribution in [2.45, 2.75) is 38.8 Å². The molecule has 0 spiro atoms. The molecule has 2 unspecified atom stereocenters. The second kappa shape index (κ2) is 4.87. The summed E-state index contributed by atoms with van der Waals surface area (Å²) >= 11 is 0. The van der Waals surface area contributed by atoms with Gasteiger partial charge in [0.25, 0.3) is 0 Å². The lowest BCUT2D eigenvalue weighted by molar-refractivity contribution is -0.149. The Morgan fingerprint density at radius 3 is 3.12 bits per heavy atom. The molecule has 5 nitrogen and oxygen atoms in total. The molecule has 17 heavy (non-hydrogen) atoms. The zero-order chi connectivity index (χ0) is 12.4. The minimum atomic E-state index is -0.862. The van der Waals surface area contributed by atoms with Crippen LogP contribution in [0.4, 0.5) is 0 Å². The monoisotopic (exact) mass is 238 g/mol. The molecule has 94 valence electrons. The van der Waals surface area contributed by atoms with Gasteiger partial charge in [-0.15, -0.1) is 0 Å². The summed E-state index contributed by atoms with van der Waals surface area (Å²) in [5, 5.41) is 9.04. The Hall–Kier alpha value is -1.36. The fraction of sp³-hybridized carbons (Fsp3) is 0.667. The van der Waals surface area contributed by atoms with Gasteiger partial charge in [0.15, 0.2) is 6.10 Å². The van der Waals surface area contributed by atoms with Crippen LogP contribution in [-0.2, 0) is 16.1 Å². The first kappa shape index (κ1) is 12.1. The molecule has 1 aliphatic rings. The first-order valence-corrected chi connectivity index (χ1v) is 5.95. The van der Waals surface area contributed by atoms with Crippen molar-refractivity contribution in [3.8, 4) is 0 Å². The molecule has 1 saturated heterocycles. The summed E-state index contributed by atoms with van der Waals surface area (Å²) in [4.78, 5) is 15.3. The smallest absolute Gasteiger partial charge is 0.333 e. The maximum Gasteiger partial charge on any atom is 0.333 e. The van der Waals surface area contributed by atoms with Crippen LogP contribution >= 0.6 is 0 Å². The Bertz CT molecular complexity index is 400. The van der Waals surface area contributed by atoms with E-state index in [2.05, 4.69) is 18.8 Å². The Kier molecular flexibility index (Phi) is 3.47. The average Bonchev–Trinajstić information content (AvgIpc) is 2.86. The van der Waals surface area contributed by atoms with Crippen LogP contribution < -0.4 is 0 Å². The molecule has 1 fully saturated rings. The van der Waals surface area contributed by atoms with Crippen LogP contribution in [0, 0.1) is 5.92 Å². The van der Waals surface area contributed by atoms with Crippen LogP contribution in [0.15, 0.2) is 12.4 Å². The number of hydrogen-bond acceptors (Lipinski definition) is 3. The van der Waals surface area contributed by atoms with Crippen molar-refractivity contribution < 1.29 is 14.6 Å². The summed E-state index contributed by atoms with van der Waals surface area (Å²) in [6, 6.07) is 0. The highest BCUT2D eigenvalue weighted by Gasteiger charge is 2.34. The third-order valence-electron chi connectivity index (χ3n) is 3.15. The predicted molar refractivity (Wildman–Crippen MR) is 61.8 cm³/mol. The summed E-state index contributed by atoms with van der Waals surface area (Å²) < 4.78 is 7.28. The summed E-state index contributed by atoms with van der Waals surface area (Å²) in [5.74, 6) is 0.523. The molecule has 1 aromatic rings. The number of ether oxygens (including phenoxy) is 1. The molecule has 2 heterocycles. The number of aliphatic carboxylic acids is 1. The molecule has 0 amide bonds. The zero-order valence-corrected chi connectivity index (χ0v) is 10.2. The normalized spacial score (nSPS) is 24.4. The van der Waals surface area contributed by atoms with E-state index in [9.17, 15) is 4.79 Å². The Balaban J connectivity index is 2.10. The van der Waals surface area contributed by atoms with E-state index in [1.54, 1.807) is 6.20 Å². The molecule has 0 aromatic carbocycles. The van der Waals surface area contributed by atoms with Crippen LogP contribution in [0.2, 0.25) is 0 Å². The Labute approximate surface area is 100 Å². The van der Waals surface area contributed by atoms with Gasteiger partial charge in [0.05, 0.1) is 0 Å². The number of carbonyl (C=O) groups is 1. The number of aromatic nitrogens is 2. The third-order valence-corrected chi connectivity index (χ3v) is 3.15. The van der Waals surface area contributed by atoms with Gasteiger partial charge in [0.2, 0.25) is 0 Å². The van der Waals surface area contributed by atoms with Crippen LogP contribution in [0.25, 0.3) is 0 Å². The minimum Gasteiger partial charge on any atom is -0.479 e. The van der Waals surface area contributed by atoms with Gasteiger partial charge in [-0.3, -0.25) is 0 Å². The summed E-state index contributed by atoms with van der Waals surface area (Å²) in [5.41, 5.74) is 0. The minimum absolute atomic E-state index is 0.0409. The van der Waals surface area contributed by atoms with E-state index < -0.39 is 12.1 Å². The van der Waals surface area contributed by atoms with Gasteiger partial charge in [-0.25, -0.2) is 9.78 Å². The molecular formula is C12H18N2O3. The van der Waals surface area contributed by atoms with Crippen LogP contribution in [0.3, 0.4) is 0 Å². The topological polar surface area (TPSA) is 64.4 Å². The SMILES string of the molecule is CC(C)c1nccn1CC1CCOC1C(=O)O. The quantitative estimate of drug-likeness (QED) is 0.863. The maximum atomic E-state index is 11.0. The Morgan fingerprint density at radius 2 is 2.47 bits per heavy atom. The molecule has 1 aliphatic heterocycles. The molecule has 1 aromatic heterocycles. The van der Waals surface area contributed by atoms with Gasteiger partial charge in [-0.2, -0.15) is 0 Å². The van der Waals surface area contributed by atoms with Crippen LogP contribution in [-0.4, -0.2) is 33.3 Å². The van der Waals surface area contributed by atoms with Gasteiger partial charge in [-0.05, 0) is 6.42 Å². The highest BCUT2D eigenvalue weighted by atomic mass is 16.5. The van der Waals surface area contributed by atoms with Crippen molar-refractivity contribution >= 4 is 5.97 Å². The van der Waals surface area contributed by atoms with Crippen molar-refractivity contribution in [1.29, 1.82) is 0 Å². The van der Waals surface area contributed by atoms with E-state index in [4.69, 9.17) is 9.84 Å². The number of carboxylic acids is 1. The lowest BCUT2D eigenvalue weighted by Crippen LogP contribution is -2.29. The highest BCUT2D eigenvalue weighted by Crippen LogP contribution is 2.24. The standard InChI is InChI=1S/C12H18N2O3/c1-8(2)11-13-4-5-14(11)7-9-3-6-17-10(9)12(15)16/h4-5,8-10H,3,6-7H2,1-2H3,(H,15,16). The Morgan fingerprint density at radius 1 is 1.71 bits per heavy atom. The largest absolute Gasteiger partial charge is 0.479 e. The van der Waals surface area contributed by atoms with Gasteiger partial charge in [0.1, 0.15) is 5.82 Å². The second-order valence-corrected chi connectivity index (χ2v) is 4.77. The predicted octanol–water partition coefficient (Wildman–Crippen LogP) is 1.50. The second-order valence-electron chi connectivity index (χ2n) is 4.77. The molecule has 0 bridgehead atoms. The number of rotatable bonds is 4. The summed E-state index contributed by atoms with van der Waals surface area (Å²) in [6.45, 7) is 5.37. The van der Waals surface area contributed by atoms with Crippen LogP contribution in [0.5, 0.6) is 0 Å². The van der Waals surface area contributed by atoms with Crippen molar-refractivity contribution in [3.63, 3.8) is 0 Å². The number of carboxylic acid groups (broad SMARTS) is 1. The van der Waals surface area contributed by atoms with E-state index in [-0.39, 0.29) is 5.92 Å². The lowest BCUT2D eigenvalue weighted by Gasteiger charge is -2.17. The number of hydrogen-bond donors (Lipinski definition) is 1. The van der Waals surface area contributed by atoms with Gasteiger partial charge >= 0.3 is 5.97 Å². The first-order chi connectivity index (χ1) is 8.09. The van der Waals surface area contributed by atoms with E-state index in [0.29, 0.717) is 19.1 Å². The molecular weight excluding hydrogens is 220 g/mol. The third kappa shape index (κ3) is 2.49.